The molecule has 1 unspecified atom stereocenters. The summed E-state index contributed by atoms with van der Waals surface area (Å²) in [5, 5.41) is 9.03. The van der Waals surface area contributed by atoms with Crippen molar-refractivity contribution >= 4 is 17.5 Å². The number of anilines is 2. The van der Waals surface area contributed by atoms with Gasteiger partial charge in [-0.15, -0.1) is 0 Å². The normalized spacial score (nSPS) is 15.6. The molecule has 0 radical (unpaired) electrons. The lowest BCUT2D eigenvalue weighted by Gasteiger charge is -2.15. The molecule has 1 aliphatic rings. The van der Waals surface area contributed by atoms with Crippen molar-refractivity contribution in [3.8, 4) is 0 Å². The van der Waals surface area contributed by atoms with E-state index in [-0.39, 0.29) is 11.9 Å². The van der Waals surface area contributed by atoms with E-state index in [4.69, 9.17) is 0 Å². The fourth-order valence-electron chi connectivity index (χ4n) is 1.91. The maximum atomic E-state index is 11.6. The van der Waals surface area contributed by atoms with E-state index in [1.807, 2.05) is 13.0 Å². The first kappa shape index (κ1) is 14.6. The third-order valence-electron chi connectivity index (χ3n) is 3.25. The first-order valence-electron chi connectivity index (χ1n) is 7.25. The Bertz CT molecular complexity index is 473. The number of hydrogen-bond acceptors (Lipinski definition) is 5. The van der Waals surface area contributed by atoms with Crippen LogP contribution in [0, 0.1) is 0 Å². The second-order valence-electron chi connectivity index (χ2n) is 5.18. The van der Waals surface area contributed by atoms with Gasteiger partial charge in [0.2, 0.25) is 5.91 Å². The summed E-state index contributed by atoms with van der Waals surface area (Å²) in [7, 11) is 1.63. The predicted octanol–water partition coefficient (Wildman–Crippen LogP) is 1.72. The van der Waals surface area contributed by atoms with Crippen LogP contribution in [0.2, 0.25) is 0 Å². The van der Waals surface area contributed by atoms with Crippen molar-refractivity contribution < 1.29 is 4.79 Å². The number of amides is 1. The average molecular weight is 277 g/mol. The summed E-state index contributed by atoms with van der Waals surface area (Å²) in [5.41, 5.74) is 0. The third kappa shape index (κ3) is 3.82. The number of nitrogens with one attached hydrogen (secondary N) is 3. The molecule has 0 saturated heterocycles. The molecule has 0 bridgehead atoms. The zero-order chi connectivity index (χ0) is 14.5. The Morgan fingerprint density at radius 2 is 2.10 bits per heavy atom. The molecule has 1 amide bonds. The molecule has 1 heterocycles. The molecule has 110 valence electrons. The van der Waals surface area contributed by atoms with E-state index < -0.39 is 0 Å². The standard InChI is InChI=1S/C14H23N5O/c1-4-7-16-11-8-12(17-9(2)14(20)15-3)19-13(18-11)10-5-6-10/h8-10H,4-7H2,1-3H3,(H,15,20)(H2,16,17,18,19). The quantitative estimate of drug-likeness (QED) is 0.707. The van der Waals surface area contributed by atoms with Crippen molar-refractivity contribution in [2.45, 2.75) is 45.1 Å². The molecule has 0 aromatic carbocycles. The van der Waals surface area contributed by atoms with Crippen LogP contribution in [0.4, 0.5) is 11.6 Å². The van der Waals surface area contributed by atoms with Crippen LogP contribution in [-0.4, -0.2) is 35.5 Å². The molecular formula is C14H23N5O. The minimum absolute atomic E-state index is 0.0559. The van der Waals surface area contributed by atoms with Gasteiger partial charge in [-0.25, -0.2) is 9.97 Å². The third-order valence-corrected chi connectivity index (χ3v) is 3.25. The summed E-state index contributed by atoms with van der Waals surface area (Å²) in [6.45, 7) is 4.81. The highest BCUT2D eigenvalue weighted by molar-refractivity contribution is 5.83. The number of nitrogens with zero attached hydrogens (tertiary/aromatic N) is 2. The van der Waals surface area contributed by atoms with E-state index in [0.29, 0.717) is 11.7 Å². The zero-order valence-corrected chi connectivity index (χ0v) is 12.4. The highest BCUT2D eigenvalue weighted by Crippen LogP contribution is 2.38. The lowest BCUT2D eigenvalue weighted by Crippen LogP contribution is -2.35. The van der Waals surface area contributed by atoms with E-state index in [2.05, 4.69) is 32.8 Å². The number of carbonyl (C=O) groups excluding carboxylic acids is 1. The van der Waals surface area contributed by atoms with Crippen LogP contribution < -0.4 is 16.0 Å². The Hall–Kier alpha value is -1.85. The Kier molecular flexibility index (Phi) is 4.76. The molecule has 1 aromatic rings. The molecule has 1 fully saturated rings. The van der Waals surface area contributed by atoms with Crippen LogP contribution in [0.15, 0.2) is 6.07 Å². The molecule has 2 rings (SSSR count). The Morgan fingerprint density at radius 3 is 2.70 bits per heavy atom. The molecule has 1 atom stereocenters. The lowest BCUT2D eigenvalue weighted by molar-refractivity contribution is -0.121. The van der Waals surface area contributed by atoms with Gasteiger partial charge in [0.1, 0.15) is 23.5 Å². The first-order valence-corrected chi connectivity index (χ1v) is 7.25. The average Bonchev–Trinajstić information content (AvgIpc) is 3.28. The maximum absolute atomic E-state index is 11.6. The van der Waals surface area contributed by atoms with Gasteiger partial charge in [0.25, 0.3) is 0 Å². The van der Waals surface area contributed by atoms with E-state index in [0.717, 1.165) is 37.4 Å². The largest absolute Gasteiger partial charge is 0.370 e. The van der Waals surface area contributed by atoms with Crippen LogP contribution in [0.3, 0.4) is 0 Å². The van der Waals surface area contributed by atoms with Crippen LogP contribution in [0.25, 0.3) is 0 Å². The van der Waals surface area contributed by atoms with Gasteiger partial charge in [-0.3, -0.25) is 4.79 Å². The lowest BCUT2D eigenvalue weighted by atomic mass is 10.3. The van der Waals surface area contributed by atoms with Crippen LogP contribution in [0.5, 0.6) is 0 Å². The van der Waals surface area contributed by atoms with E-state index in [9.17, 15) is 4.79 Å². The van der Waals surface area contributed by atoms with E-state index in [1.54, 1.807) is 7.05 Å². The smallest absolute Gasteiger partial charge is 0.241 e. The maximum Gasteiger partial charge on any atom is 0.241 e. The highest BCUT2D eigenvalue weighted by atomic mass is 16.2. The fraction of sp³-hybridized carbons (Fsp3) is 0.643. The summed E-state index contributed by atoms with van der Waals surface area (Å²) in [4.78, 5) is 20.6. The molecule has 1 aliphatic carbocycles. The van der Waals surface area contributed by atoms with Gasteiger partial charge in [0.05, 0.1) is 0 Å². The molecule has 6 nitrogen and oxygen atoms in total. The monoisotopic (exact) mass is 277 g/mol. The van der Waals surface area contributed by atoms with Gasteiger partial charge in [0.15, 0.2) is 0 Å². The van der Waals surface area contributed by atoms with Crippen molar-refractivity contribution in [3.63, 3.8) is 0 Å². The van der Waals surface area contributed by atoms with Crippen LogP contribution >= 0.6 is 0 Å². The van der Waals surface area contributed by atoms with Gasteiger partial charge in [-0.05, 0) is 26.2 Å². The van der Waals surface area contributed by atoms with Gasteiger partial charge < -0.3 is 16.0 Å². The molecule has 3 N–H and O–H groups in total. The predicted molar refractivity (Wildman–Crippen MR) is 79.9 cm³/mol. The van der Waals surface area contributed by atoms with Crippen molar-refractivity contribution in [1.29, 1.82) is 0 Å². The molecule has 1 aromatic heterocycles. The second kappa shape index (κ2) is 6.54. The summed E-state index contributed by atoms with van der Waals surface area (Å²) in [6, 6.07) is 1.54. The summed E-state index contributed by atoms with van der Waals surface area (Å²) in [5.74, 6) is 2.83. The van der Waals surface area contributed by atoms with Crippen molar-refractivity contribution in [2.24, 2.45) is 0 Å². The summed E-state index contributed by atoms with van der Waals surface area (Å²) >= 11 is 0. The van der Waals surface area contributed by atoms with Gasteiger partial charge in [-0.2, -0.15) is 0 Å². The SMILES string of the molecule is CCCNc1cc(NC(C)C(=O)NC)nc(C2CC2)n1. The van der Waals surface area contributed by atoms with Crippen LogP contribution in [-0.2, 0) is 4.79 Å². The molecule has 6 heteroatoms. The van der Waals surface area contributed by atoms with Gasteiger partial charge in [0, 0.05) is 25.6 Å². The van der Waals surface area contributed by atoms with E-state index >= 15 is 0 Å². The fourth-order valence-corrected chi connectivity index (χ4v) is 1.91. The Balaban J connectivity index is 2.13. The van der Waals surface area contributed by atoms with Gasteiger partial charge in [-0.1, -0.05) is 6.92 Å². The zero-order valence-electron chi connectivity index (χ0n) is 12.4. The first-order chi connectivity index (χ1) is 9.63. The number of rotatable bonds is 7. The highest BCUT2D eigenvalue weighted by Gasteiger charge is 2.27. The number of likely N-dealkylation sites (N-methyl/N-ethyl adjacent to an activating group) is 1. The molecule has 0 spiro atoms. The summed E-state index contributed by atoms with van der Waals surface area (Å²) < 4.78 is 0. The number of hydrogen-bond donors (Lipinski definition) is 3. The van der Waals surface area contributed by atoms with Crippen LogP contribution in [0.1, 0.15) is 44.9 Å². The van der Waals surface area contributed by atoms with Crippen molar-refractivity contribution in [1.82, 2.24) is 15.3 Å². The summed E-state index contributed by atoms with van der Waals surface area (Å²) in [6.07, 6.45) is 3.35. The topological polar surface area (TPSA) is 78.9 Å². The van der Waals surface area contributed by atoms with E-state index in [1.165, 1.54) is 0 Å². The minimum atomic E-state index is -0.319. The Labute approximate surface area is 119 Å². The molecule has 1 saturated carbocycles. The second-order valence-corrected chi connectivity index (χ2v) is 5.18. The molecule has 20 heavy (non-hydrogen) atoms. The minimum Gasteiger partial charge on any atom is -0.370 e. The van der Waals surface area contributed by atoms with Crippen molar-refractivity contribution in [2.75, 3.05) is 24.2 Å². The molecule has 0 aliphatic heterocycles. The number of aromatic nitrogens is 2. The van der Waals surface area contributed by atoms with Gasteiger partial charge >= 0.3 is 0 Å². The van der Waals surface area contributed by atoms with Crippen molar-refractivity contribution in [3.05, 3.63) is 11.9 Å². The number of carbonyl (C=O) groups is 1. The molecular weight excluding hydrogens is 254 g/mol. The Morgan fingerprint density at radius 1 is 1.40 bits per heavy atom.